The van der Waals surface area contributed by atoms with Gasteiger partial charge >= 0.3 is 12.0 Å². The molecule has 1 saturated heterocycles. The maximum atomic E-state index is 14.2. The molecule has 1 aromatic heterocycles. The van der Waals surface area contributed by atoms with Gasteiger partial charge in [0.1, 0.15) is 5.69 Å². The van der Waals surface area contributed by atoms with E-state index in [4.69, 9.17) is 0 Å². The summed E-state index contributed by atoms with van der Waals surface area (Å²) < 4.78 is 15.6. The van der Waals surface area contributed by atoms with Crippen molar-refractivity contribution in [2.45, 2.75) is 13.3 Å². The number of urea groups is 1. The molecule has 1 unspecified atom stereocenters. The number of likely N-dealkylation sites (tertiary alicyclic amines) is 1. The molecule has 1 aliphatic rings. The smallest absolute Gasteiger partial charge is 0.321 e. The molecule has 1 aromatic carbocycles. The second-order valence-electron chi connectivity index (χ2n) is 6.08. The summed E-state index contributed by atoms with van der Waals surface area (Å²) in [6, 6.07) is 5.54. The number of aromatic nitrogens is 2. The Morgan fingerprint density at radius 2 is 2.21 bits per heavy atom. The molecule has 7 nitrogen and oxygen atoms in total. The number of anilines is 1. The Bertz CT molecular complexity index is 778. The summed E-state index contributed by atoms with van der Waals surface area (Å²) >= 11 is 0. The lowest BCUT2D eigenvalue weighted by molar-refractivity contribution is -0.146. The summed E-state index contributed by atoms with van der Waals surface area (Å²) in [7, 11) is 0. The summed E-state index contributed by atoms with van der Waals surface area (Å²) in [6.07, 6.45) is 3.55. The van der Waals surface area contributed by atoms with Gasteiger partial charge in [-0.15, -0.1) is 0 Å². The number of hydrogen-bond acceptors (Lipinski definition) is 3. The quantitative estimate of drug-likeness (QED) is 0.903. The number of carbonyl (C=O) groups excluding carboxylic acids is 1. The molecule has 3 rings (SSSR count). The van der Waals surface area contributed by atoms with E-state index in [0.29, 0.717) is 18.7 Å². The van der Waals surface area contributed by atoms with Crippen LogP contribution in [0.15, 0.2) is 36.7 Å². The Kier molecular flexibility index (Phi) is 3.96. The molecule has 2 heterocycles. The number of halogens is 1. The predicted octanol–water partition coefficient (Wildman–Crippen LogP) is 2.34. The van der Waals surface area contributed by atoms with Crippen molar-refractivity contribution in [2.24, 2.45) is 5.41 Å². The largest absolute Gasteiger partial charge is 0.481 e. The summed E-state index contributed by atoms with van der Waals surface area (Å²) in [5.41, 5.74) is -0.359. The first-order valence-electron chi connectivity index (χ1n) is 7.48. The van der Waals surface area contributed by atoms with E-state index in [9.17, 15) is 19.1 Å². The third kappa shape index (κ3) is 2.94. The van der Waals surface area contributed by atoms with Crippen molar-refractivity contribution < 1.29 is 19.1 Å². The highest BCUT2D eigenvalue weighted by molar-refractivity contribution is 5.90. The average molecular weight is 332 g/mol. The van der Waals surface area contributed by atoms with Crippen LogP contribution in [0.5, 0.6) is 0 Å². The number of nitrogens with zero attached hydrogens (tertiary/aromatic N) is 3. The molecule has 126 valence electrons. The van der Waals surface area contributed by atoms with Gasteiger partial charge in [-0.1, -0.05) is 0 Å². The van der Waals surface area contributed by atoms with Crippen molar-refractivity contribution >= 4 is 17.7 Å². The topological polar surface area (TPSA) is 87.5 Å². The van der Waals surface area contributed by atoms with Crippen LogP contribution in [-0.4, -0.2) is 44.9 Å². The summed E-state index contributed by atoms with van der Waals surface area (Å²) in [5, 5.41) is 15.8. The van der Waals surface area contributed by atoms with Crippen molar-refractivity contribution in [3.63, 3.8) is 0 Å². The highest BCUT2D eigenvalue weighted by atomic mass is 19.1. The molecular weight excluding hydrogens is 315 g/mol. The number of carbonyl (C=O) groups is 2. The molecule has 0 radical (unpaired) electrons. The molecule has 0 aliphatic carbocycles. The predicted molar refractivity (Wildman–Crippen MR) is 84.5 cm³/mol. The lowest BCUT2D eigenvalue weighted by Crippen LogP contribution is -2.37. The number of aliphatic carboxylic acids is 1. The molecule has 2 amide bonds. The van der Waals surface area contributed by atoms with E-state index in [1.807, 2.05) is 0 Å². The standard InChI is InChI=1S/C16H17FN4O3/c1-16(14(22)23)5-8-20(10-16)15(24)19-11-3-4-13(12(17)9-11)21-7-2-6-18-21/h2-4,6-7,9H,5,8,10H2,1H3,(H,19,24)(H,22,23). The van der Waals surface area contributed by atoms with Crippen LogP contribution in [-0.2, 0) is 4.79 Å². The van der Waals surface area contributed by atoms with Crippen LogP contribution in [0.1, 0.15) is 13.3 Å². The highest BCUT2D eigenvalue weighted by Crippen LogP contribution is 2.30. The van der Waals surface area contributed by atoms with Crippen molar-refractivity contribution in [3.05, 3.63) is 42.5 Å². The average Bonchev–Trinajstić information content (AvgIpc) is 3.18. The van der Waals surface area contributed by atoms with Gasteiger partial charge in [0, 0.05) is 31.2 Å². The summed E-state index contributed by atoms with van der Waals surface area (Å²) in [6.45, 7) is 2.09. The van der Waals surface area contributed by atoms with Crippen LogP contribution in [0.3, 0.4) is 0 Å². The summed E-state index contributed by atoms with van der Waals surface area (Å²) in [4.78, 5) is 24.9. The van der Waals surface area contributed by atoms with E-state index in [1.165, 1.54) is 21.7 Å². The van der Waals surface area contributed by atoms with Crippen LogP contribution < -0.4 is 5.32 Å². The van der Waals surface area contributed by atoms with E-state index in [2.05, 4.69) is 10.4 Å². The van der Waals surface area contributed by atoms with Gasteiger partial charge in [-0.25, -0.2) is 13.9 Å². The zero-order valence-corrected chi connectivity index (χ0v) is 13.1. The van der Waals surface area contributed by atoms with Gasteiger partial charge in [0.25, 0.3) is 0 Å². The molecule has 1 aliphatic heterocycles. The van der Waals surface area contributed by atoms with Crippen molar-refractivity contribution in [1.29, 1.82) is 0 Å². The minimum absolute atomic E-state index is 0.127. The van der Waals surface area contributed by atoms with Crippen LogP contribution in [0.2, 0.25) is 0 Å². The fourth-order valence-electron chi connectivity index (χ4n) is 2.69. The number of amides is 2. The maximum absolute atomic E-state index is 14.2. The fraction of sp³-hybridized carbons (Fsp3) is 0.312. The molecule has 2 aromatic rings. The number of nitrogens with one attached hydrogen (secondary N) is 1. The Morgan fingerprint density at radius 1 is 1.42 bits per heavy atom. The molecule has 1 atom stereocenters. The molecular formula is C16H17FN4O3. The second-order valence-corrected chi connectivity index (χ2v) is 6.08. The lowest BCUT2D eigenvalue weighted by Gasteiger charge is -2.20. The van der Waals surface area contributed by atoms with E-state index in [-0.39, 0.29) is 12.2 Å². The Labute approximate surface area is 137 Å². The second kappa shape index (κ2) is 5.95. The van der Waals surface area contributed by atoms with Gasteiger partial charge in [-0.2, -0.15) is 5.10 Å². The SMILES string of the molecule is CC1(C(=O)O)CCN(C(=O)Nc2ccc(-n3cccn3)c(F)c2)C1. The monoisotopic (exact) mass is 332 g/mol. The fourth-order valence-corrected chi connectivity index (χ4v) is 2.69. The summed E-state index contributed by atoms with van der Waals surface area (Å²) in [5.74, 6) is -1.44. The van der Waals surface area contributed by atoms with Gasteiger partial charge in [-0.05, 0) is 37.6 Å². The highest BCUT2D eigenvalue weighted by Gasteiger charge is 2.42. The van der Waals surface area contributed by atoms with E-state index in [0.717, 1.165) is 0 Å². The Morgan fingerprint density at radius 3 is 2.79 bits per heavy atom. The number of carboxylic acids is 1. The molecule has 1 fully saturated rings. The first-order chi connectivity index (χ1) is 11.4. The first-order valence-corrected chi connectivity index (χ1v) is 7.48. The zero-order chi connectivity index (χ0) is 17.3. The normalized spacial score (nSPS) is 20.2. The third-order valence-electron chi connectivity index (χ3n) is 4.23. The number of rotatable bonds is 3. The first kappa shape index (κ1) is 16.0. The van der Waals surface area contributed by atoms with Crippen LogP contribution in [0.25, 0.3) is 5.69 Å². The van der Waals surface area contributed by atoms with E-state index < -0.39 is 23.2 Å². The molecule has 0 bridgehead atoms. The van der Waals surface area contributed by atoms with Gasteiger partial charge in [0.2, 0.25) is 0 Å². The number of benzene rings is 1. The lowest BCUT2D eigenvalue weighted by atomic mass is 9.90. The Balaban J connectivity index is 1.70. The maximum Gasteiger partial charge on any atom is 0.321 e. The van der Waals surface area contributed by atoms with Gasteiger partial charge in [-0.3, -0.25) is 4.79 Å². The van der Waals surface area contributed by atoms with Crippen molar-refractivity contribution in [3.8, 4) is 5.69 Å². The van der Waals surface area contributed by atoms with Crippen LogP contribution >= 0.6 is 0 Å². The third-order valence-corrected chi connectivity index (χ3v) is 4.23. The molecule has 2 N–H and O–H groups in total. The van der Waals surface area contributed by atoms with Crippen LogP contribution in [0, 0.1) is 11.2 Å². The van der Waals surface area contributed by atoms with Crippen molar-refractivity contribution in [1.82, 2.24) is 14.7 Å². The van der Waals surface area contributed by atoms with Gasteiger partial charge < -0.3 is 15.3 Å². The minimum Gasteiger partial charge on any atom is -0.481 e. The van der Waals surface area contributed by atoms with Crippen LogP contribution in [0.4, 0.5) is 14.9 Å². The van der Waals surface area contributed by atoms with Crippen molar-refractivity contribution in [2.75, 3.05) is 18.4 Å². The molecule has 8 heteroatoms. The van der Waals surface area contributed by atoms with E-state index in [1.54, 1.807) is 31.5 Å². The Hall–Kier alpha value is -2.90. The molecule has 24 heavy (non-hydrogen) atoms. The van der Waals surface area contributed by atoms with E-state index >= 15 is 0 Å². The molecule has 0 saturated carbocycles. The molecule has 0 spiro atoms. The van der Waals surface area contributed by atoms with Gasteiger partial charge in [0.15, 0.2) is 5.82 Å². The number of carboxylic acid groups (broad SMARTS) is 1. The minimum atomic E-state index is -0.938. The zero-order valence-electron chi connectivity index (χ0n) is 13.1. The number of hydrogen-bond donors (Lipinski definition) is 2. The van der Waals surface area contributed by atoms with Gasteiger partial charge in [0.05, 0.1) is 5.41 Å².